The van der Waals surface area contributed by atoms with Gasteiger partial charge in [0.05, 0.1) is 11.2 Å². The summed E-state index contributed by atoms with van der Waals surface area (Å²) in [6.45, 7) is 0. The third-order valence-electron chi connectivity index (χ3n) is 11.2. The molecule has 0 unspecified atom stereocenters. The molecule has 1 heterocycles. The lowest BCUT2D eigenvalue weighted by Gasteiger charge is -2.19. The SMILES string of the molecule is c1cc(-c2ccc3c(-c4ccc5ccccc5c4)c4ccccc4c(-c4ccc5ccccc5c4)c3c2)cc(-c2nc3ccccc3c3ccccc23)c1. The zero-order valence-electron chi connectivity index (χ0n) is 29.5. The molecule has 0 aliphatic heterocycles. The Labute approximate surface area is 313 Å². The molecular weight excluding hydrogens is 651 g/mol. The first-order valence-corrected chi connectivity index (χ1v) is 18.6. The first kappa shape index (κ1) is 30.5. The molecule has 0 bridgehead atoms. The highest BCUT2D eigenvalue weighted by molar-refractivity contribution is 6.22. The van der Waals surface area contributed by atoms with Crippen LogP contribution in [0.5, 0.6) is 0 Å². The molecule has 0 aliphatic rings. The Morgan fingerprint density at radius 1 is 0.241 bits per heavy atom. The third-order valence-corrected chi connectivity index (χ3v) is 11.2. The topological polar surface area (TPSA) is 12.9 Å². The first-order valence-electron chi connectivity index (χ1n) is 18.6. The van der Waals surface area contributed by atoms with Crippen LogP contribution in [0, 0.1) is 0 Å². The summed E-state index contributed by atoms with van der Waals surface area (Å²) in [5.41, 5.74) is 10.4. The zero-order chi connectivity index (χ0) is 35.6. The van der Waals surface area contributed by atoms with Crippen molar-refractivity contribution < 1.29 is 0 Å². The minimum Gasteiger partial charge on any atom is -0.247 e. The van der Waals surface area contributed by atoms with Crippen LogP contribution >= 0.6 is 0 Å². The molecule has 0 N–H and O–H groups in total. The number of nitrogens with zero attached hydrogens (tertiary/aromatic N) is 1. The predicted octanol–water partition coefficient (Wildman–Crippen LogP) is 14.7. The molecule has 54 heavy (non-hydrogen) atoms. The van der Waals surface area contributed by atoms with Crippen molar-refractivity contribution in [3.63, 3.8) is 0 Å². The summed E-state index contributed by atoms with van der Waals surface area (Å²) in [5, 5.41) is 13.5. The number of pyridine rings is 1. The Hall–Kier alpha value is -7.09. The van der Waals surface area contributed by atoms with Gasteiger partial charge >= 0.3 is 0 Å². The van der Waals surface area contributed by atoms with Gasteiger partial charge in [-0.3, -0.25) is 0 Å². The highest BCUT2D eigenvalue weighted by Gasteiger charge is 2.19. The molecule has 0 radical (unpaired) electrons. The Morgan fingerprint density at radius 2 is 0.722 bits per heavy atom. The molecule has 0 saturated heterocycles. The fraction of sp³-hybridized carbons (Fsp3) is 0. The van der Waals surface area contributed by atoms with Crippen LogP contribution in [-0.4, -0.2) is 4.98 Å². The summed E-state index contributed by atoms with van der Waals surface area (Å²) in [5.74, 6) is 0. The van der Waals surface area contributed by atoms with Crippen molar-refractivity contribution >= 4 is 64.8 Å². The van der Waals surface area contributed by atoms with Gasteiger partial charge in [0.25, 0.3) is 0 Å². The van der Waals surface area contributed by atoms with Crippen molar-refractivity contribution in [2.75, 3.05) is 0 Å². The Morgan fingerprint density at radius 3 is 1.41 bits per heavy atom. The van der Waals surface area contributed by atoms with E-state index in [0.29, 0.717) is 0 Å². The van der Waals surface area contributed by atoms with Crippen LogP contribution in [-0.2, 0) is 0 Å². The van der Waals surface area contributed by atoms with Crippen LogP contribution in [0.15, 0.2) is 200 Å². The van der Waals surface area contributed by atoms with Gasteiger partial charge in [-0.15, -0.1) is 0 Å². The van der Waals surface area contributed by atoms with Crippen molar-refractivity contribution in [2.24, 2.45) is 0 Å². The monoisotopic (exact) mass is 683 g/mol. The average molecular weight is 684 g/mol. The number of hydrogen-bond acceptors (Lipinski definition) is 1. The quantitative estimate of drug-likeness (QED) is 0.133. The molecule has 11 aromatic rings. The Balaban J connectivity index is 1.18. The minimum atomic E-state index is 1.01. The molecule has 0 spiro atoms. The average Bonchev–Trinajstić information content (AvgIpc) is 3.24. The molecule has 0 atom stereocenters. The Bertz CT molecular complexity index is 3280. The highest BCUT2D eigenvalue weighted by Crippen LogP contribution is 2.46. The number of fused-ring (bicyclic) bond motifs is 7. The van der Waals surface area contributed by atoms with E-state index in [1.165, 1.54) is 87.2 Å². The van der Waals surface area contributed by atoms with Crippen LogP contribution in [0.2, 0.25) is 0 Å². The van der Waals surface area contributed by atoms with Gasteiger partial charge in [0, 0.05) is 16.3 Å². The van der Waals surface area contributed by atoms with Crippen LogP contribution in [0.3, 0.4) is 0 Å². The van der Waals surface area contributed by atoms with Gasteiger partial charge in [0.1, 0.15) is 0 Å². The van der Waals surface area contributed by atoms with Gasteiger partial charge in [-0.05, 0) is 112 Å². The maximum atomic E-state index is 5.24. The molecule has 0 amide bonds. The number of benzene rings is 10. The summed E-state index contributed by atoms with van der Waals surface area (Å²) < 4.78 is 0. The van der Waals surface area contributed by atoms with E-state index in [0.717, 1.165) is 22.2 Å². The van der Waals surface area contributed by atoms with E-state index in [1.807, 2.05) is 0 Å². The number of para-hydroxylation sites is 1. The van der Waals surface area contributed by atoms with Gasteiger partial charge in [-0.25, -0.2) is 4.98 Å². The van der Waals surface area contributed by atoms with Gasteiger partial charge in [0.2, 0.25) is 0 Å². The van der Waals surface area contributed by atoms with Crippen LogP contribution in [0.25, 0.3) is 109 Å². The molecule has 1 nitrogen and oxygen atoms in total. The lowest BCUT2D eigenvalue weighted by molar-refractivity contribution is 1.43. The van der Waals surface area contributed by atoms with E-state index >= 15 is 0 Å². The molecule has 10 aromatic carbocycles. The van der Waals surface area contributed by atoms with Crippen LogP contribution in [0.1, 0.15) is 0 Å². The van der Waals surface area contributed by atoms with E-state index in [1.54, 1.807) is 0 Å². The summed E-state index contributed by atoms with van der Waals surface area (Å²) in [6.07, 6.45) is 0. The largest absolute Gasteiger partial charge is 0.247 e. The molecule has 0 aliphatic carbocycles. The maximum Gasteiger partial charge on any atom is 0.0788 e. The van der Waals surface area contributed by atoms with E-state index in [4.69, 9.17) is 4.98 Å². The standard InChI is InChI=1S/C53H33N/c1-3-14-36-30-40(26-24-34(36)12-1)51-45-20-6-7-21-46(45)52(41-27-25-35-13-2-4-15-37(35)31-41)49-33-39(28-29-47(49)51)38-16-11-17-42(32-38)53-48-22-8-5-18-43(48)44-19-9-10-23-50(44)54-53/h1-33H. The van der Waals surface area contributed by atoms with Crippen LogP contribution < -0.4 is 0 Å². The first-order chi connectivity index (χ1) is 26.8. The third kappa shape index (κ3) is 4.90. The van der Waals surface area contributed by atoms with Crippen molar-refractivity contribution in [3.05, 3.63) is 200 Å². The smallest absolute Gasteiger partial charge is 0.0788 e. The second-order valence-corrected chi connectivity index (χ2v) is 14.3. The molecule has 250 valence electrons. The fourth-order valence-corrected chi connectivity index (χ4v) is 8.64. The minimum absolute atomic E-state index is 1.01. The van der Waals surface area contributed by atoms with Gasteiger partial charge in [-0.1, -0.05) is 170 Å². The molecule has 1 heteroatoms. The van der Waals surface area contributed by atoms with Gasteiger partial charge < -0.3 is 0 Å². The molecule has 11 rings (SSSR count). The summed E-state index contributed by atoms with van der Waals surface area (Å²) >= 11 is 0. The molecule has 1 aromatic heterocycles. The molecule has 0 fully saturated rings. The maximum absolute atomic E-state index is 5.24. The lowest BCUT2D eigenvalue weighted by Crippen LogP contribution is -1.93. The summed E-state index contributed by atoms with van der Waals surface area (Å²) in [7, 11) is 0. The Kier molecular flexibility index (Phi) is 6.93. The van der Waals surface area contributed by atoms with E-state index in [-0.39, 0.29) is 0 Å². The number of aromatic nitrogens is 1. The van der Waals surface area contributed by atoms with Crippen molar-refractivity contribution in [1.29, 1.82) is 0 Å². The molecular formula is C53H33N. The van der Waals surface area contributed by atoms with Crippen LogP contribution in [0.4, 0.5) is 0 Å². The normalized spacial score (nSPS) is 11.7. The fourth-order valence-electron chi connectivity index (χ4n) is 8.64. The number of rotatable bonds is 4. The van der Waals surface area contributed by atoms with Crippen molar-refractivity contribution in [2.45, 2.75) is 0 Å². The van der Waals surface area contributed by atoms with Crippen molar-refractivity contribution in [3.8, 4) is 44.6 Å². The van der Waals surface area contributed by atoms with E-state index < -0.39 is 0 Å². The second kappa shape index (κ2) is 12.3. The van der Waals surface area contributed by atoms with Gasteiger partial charge in [-0.2, -0.15) is 0 Å². The highest BCUT2D eigenvalue weighted by atomic mass is 14.7. The summed E-state index contributed by atoms with van der Waals surface area (Å²) in [4.78, 5) is 5.24. The van der Waals surface area contributed by atoms with E-state index in [9.17, 15) is 0 Å². The number of hydrogen-bond donors (Lipinski definition) is 0. The predicted molar refractivity (Wildman–Crippen MR) is 231 cm³/mol. The van der Waals surface area contributed by atoms with Crippen molar-refractivity contribution in [1.82, 2.24) is 4.98 Å². The zero-order valence-corrected chi connectivity index (χ0v) is 29.5. The second-order valence-electron chi connectivity index (χ2n) is 14.3. The summed E-state index contributed by atoms with van der Waals surface area (Å²) in [6, 6.07) is 73.1. The van der Waals surface area contributed by atoms with E-state index in [2.05, 4.69) is 200 Å². The van der Waals surface area contributed by atoms with Gasteiger partial charge in [0.15, 0.2) is 0 Å². The lowest BCUT2D eigenvalue weighted by atomic mass is 9.84. The molecule has 0 saturated carbocycles.